The first-order valence-corrected chi connectivity index (χ1v) is 7.95. The number of rotatable bonds is 5. The summed E-state index contributed by atoms with van der Waals surface area (Å²) in [7, 11) is 0. The van der Waals surface area contributed by atoms with Crippen LogP contribution in [-0.4, -0.2) is 35.8 Å². The maximum absolute atomic E-state index is 9.35. The fraction of sp³-hybridized carbons (Fsp3) is 0.368. The largest absolute Gasteiger partial charge is 0.508 e. The van der Waals surface area contributed by atoms with Crippen LogP contribution >= 0.6 is 0 Å². The molecule has 3 nitrogen and oxygen atoms in total. The molecule has 0 amide bonds. The SMILES string of the molecule is Oc1ccc(CN2CCO[C@H](CCc3ccccc3)C2)cc1. The second-order valence-corrected chi connectivity index (χ2v) is 5.92. The Bertz CT molecular complexity index is 568. The van der Waals surface area contributed by atoms with E-state index in [1.54, 1.807) is 12.1 Å². The molecule has 3 rings (SSSR count). The van der Waals surface area contributed by atoms with Crippen molar-refractivity contribution >= 4 is 0 Å². The molecular formula is C19H23NO2. The molecule has 2 aromatic rings. The van der Waals surface area contributed by atoms with Crippen LogP contribution in [0.15, 0.2) is 54.6 Å². The molecule has 0 aliphatic carbocycles. The third-order valence-electron chi connectivity index (χ3n) is 4.16. The van der Waals surface area contributed by atoms with Crippen LogP contribution in [0.2, 0.25) is 0 Å². The maximum atomic E-state index is 9.35. The van der Waals surface area contributed by atoms with Gasteiger partial charge in [-0.25, -0.2) is 0 Å². The van der Waals surface area contributed by atoms with E-state index < -0.39 is 0 Å². The Labute approximate surface area is 132 Å². The number of morpholine rings is 1. The highest BCUT2D eigenvalue weighted by molar-refractivity contribution is 5.25. The monoisotopic (exact) mass is 297 g/mol. The molecular weight excluding hydrogens is 274 g/mol. The lowest BCUT2D eigenvalue weighted by molar-refractivity contribution is -0.0345. The Kier molecular flexibility index (Phi) is 5.09. The maximum Gasteiger partial charge on any atom is 0.115 e. The normalized spacial score (nSPS) is 19.2. The predicted octanol–water partition coefficient (Wildman–Crippen LogP) is 3.23. The summed E-state index contributed by atoms with van der Waals surface area (Å²) in [5, 5.41) is 9.35. The van der Waals surface area contributed by atoms with Crippen molar-refractivity contribution < 1.29 is 9.84 Å². The molecule has 0 aromatic heterocycles. The fourth-order valence-electron chi connectivity index (χ4n) is 2.93. The van der Waals surface area contributed by atoms with E-state index in [2.05, 4.69) is 35.2 Å². The van der Waals surface area contributed by atoms with Gasteiger partial charge in [-0.15, -0.1) is 0 Å². The van der Waals surface area contributed by atoms with Gasteiger partial charge < -0.3 is 9.84 Å². The Balaban J connectivity index is 1.49. The minimum atomic E-state index is 0.311. The summed E-state index contributed by atoms with van der Waals surface area (Å²) in [4.78, 5) is 2.44. The molecule has 0 radical (unpaired) electrons. The van der Waals surface area contributed by atoms with Crippen molar-refractivity contribution in [2.45, 2.75) is 25.5 Å². The van der Waals surface area contributed by atoms with Crippen LogP contribution < -0.4 is 0 Å². The van der Waals surface area contributed by atoms with Crippen molar-refractivity contribution in [3.63, 3.8) is 0 Å². The van der Waals surface area contributed by atoms with Crippen molar-refractivity contribution in [1.29, 1.82) is 0 Å². The summed E-state index contributed by atoms with van der Waals surface area (Å²) in [5.41, 5.74) is 2.61. The molecule has 22 heavy (non-hydrogen) atoms. The molecule has 1 saturated heterocycles. The van der Waals surface area contributed by atoms with Gasteiger partial charge in [0.2, 0.25) is 0 Å². The van der Waals surface area contributed by atoms with E-state index in [1.165, 1.54) is 11.1 Å². The molecule has 116 valence electrons. The second-order valence-electron chi connectivity index (χ2n) is 5.92. The summed E-state index contributed by atoms with van der Waals surface area (Å²) in [6.45, 7) is 3.68. The van der Waals surface area contributed by atoms with E-state index in [9.17, 15) is 5.11 Å². The van der Waals surface area contributed by atoms with Crippen LogP contribution in [0.1, 0.15) is 17.5 Å². The lowest BCUT2D eigenvalue weighted by Crippen LogP contribution is -2.42. The molecule has 1 heterocycles. The highest BCUT2D eigenvalue weighted by Crippen LogP contribution is 2.16. The van der Waals surface area contributed by atoms with E-state index in [0.717, 1.165) is 39.1 Å². The fourth-order valence-corrected chi connectivity index (χ4v) is 2.93. The van der Waals surface area contributed by atoms with Gasteiger partial charge in [-0.1, -0.05) is 42.5 Å². The van der Waals surface area contributed by atoms with Crippen LogP contribution in [0.5, 0.6) is 5.75 Å². The molecule has 2 aromatic carbocycles. The number of phenols is 1. The Morgan fingerprint density at radius 3 is 2.55 bits per heavy atom. The van der Waals surface area contributed by atoms with Gasteiger partial charge in [0.1, 0.15) is 5.75 Å². The second kappa shape index (κ2) is 7.43. The van der Waals surface area contributed by atoms with Gasteiger partial charge in [-0.2, -0.15) is 0 Å². The quantitative estimate of drug-likeness (QED) is 0.919. The first-order valence-electron chi connectivity index (χ1n) is 7.95. The zero-order chi connectivity index (χ0) is 15.2. The smallest absolute Gasteiger partial charge is 0.115 e. The molecule has 1 aliphatic heterocycles. The summed E-state index contributed by atoms with van der Waals surface area (Å²) in [6, 6.07) is 18.1. The van der Waals surface area contributed by atoms with Crippen LogP contribution in [0.4, 0.5) is 0 Å². The summed E-state index contributed by atoms with van der Waals surface area (Å²) >= 11 is 0. The minimum Gasteiger partial charge on any atom is -0.508 e. The molecule has 0 unspecified atom stereocenters. The lowest BCUT2D eigenvalue weighted by Gasteiger charge is -2.33. The molecule has 0 saturated carbocycles. The van der Waals surface area contributed by atoms with Crippen molar-refractivity contribution in [3.8, 4) is 5.75 Å². The molecule has 0 bridgehead atoms. The first-order chi connectivity index (χ1) is 10.8. The van der Waals surface area contributed by atoms with Crippen molar-refractivity contribution in [2.75, 3.05) is 19.7 Å². The molecule has 0 spiro atoms. The summed E-state index contributed by atoms with van der Waals surface area (Å²) in [5.74, 6) is 0.325. The van der Waals surface area contributed by atoms with Gasteiger partial charge in [0.05, 0.1) is 12.7 Å². The lowest BCUT2D eigenvalue weighted by atomic mass is 10.1. The molecule has 3 heteroatoms. The first kappa shape index (κ1) is 15.1. The predicted molar refractivity (Wildman–Crippen MR) is 87.9 cm³/mol. The van der Waals surface area contributed by atoms with E-state index in [0.29, 0.717) is 11.9 Å². The summed E-state index contributed by atoms with van der Waals surface area (Å²) in [6.07, 6.45) is 2.44. The van der Waals surface area contributed by atoms with Gasteiger partial charge in [0, 0.05) is 19.6 Å². The van der Waals surface area contributed by atoms with Crippen molar-refractivity contribution in [2.24, 2.45) is 0 Å². The van der Waals surface area contributed by atoms with Crippen LogP contribution in [0.25, 0.3) is 0 Å². The number of phenolic OH excluding ortho intramolecular Hbond substituents is 1. The standard InChI is InChI=1S/C19H23NO2/c21-18-9-6-17(7-10-18)14-20-12-13-22-19(15-20)11-8-16-4-2-1-3-5-16/h1-7,9-10,19,21H,8,11-15H2/t19-/m1/s1. The van der Waals surface area contributed by atoms with Gasteiger partial charge in [-0.3, -0.25) is 4.90 Å². The number of hydrogen-bond acceptors (Lipinski definition) is 3. The van der Waals surface area contributed by atoms with Gasteiger partial charge in [-0.05, 0) is 36.1 Å². The Hall–Kier alpha value is -1.84. The number of ether oxygens (including phenoxy) is 1. The number of nitrogens with zero attached hydrogens (tertiary/aromatic N) is 1. The zero-order valence-corrected chi connectivity index (χ0v) is 12.8. The van der Waals surface area contributed by atoms with E-state index in [1.807, 2.05) is 12.1 Å². The van der Waals surface area contributed by atoms with E-state index >= 15 is 0 Å². The van der Waals surface area contributed by atoms with Crippen LogP contribution in [-0.2, 0) is 17.7 Å². The van der Waals surface area contributed by atoms with Crippen LogP contribution in [0, 0.1) is 0 Å². The highest BCUT2D eigenvalue weighted by Gasteiger charge is 2.20. The van der Waals surface area contributed by atoms with E-state index in [4.69, 9.17) is 4.74 Å². The molecule has 1 aliphatic rings. The molecule has 1 fully saturated rings. The number of hydrogen-bond donors (Lipinski definition) is 1. The third kappa shape index (κ3) is 4.33. The van der Waals surface area contributed by atoms with Crippen molar-refractivity contribution in [1.82, 2.24) is 4.90 Å². The number of aryl methyl sites for hydroxylation is 1. The van der Waals surface area contributed by atoms with Crippen LogP contribution in [0.3, 0.4) is 0 Å². The molecule has 1 atom stereocenters. The van der Waals surface area contributed by atoms with E-state index in [-0.39, 0.29) is 0 Å². The Morgan fingerprint density at radius 1 is 1.00 bits per heavy atom. The minimum absolute atomic E-state index is 0.311. The number of benzene rings is 2. The Morgan fingerprint density at radius 2 is 1.77 bits per heavy atom. The highest BCUT2D eigenvalue weighted by atomic mass is 16.5. The average molecular weight is 297 g/mol. The number of aromatic hydroxyl groups is 1. The van der Waals surface area contributed by atoms with Gasteiger partial charge in [0.25, 0.3) is 0 Å². The third-order valence-corrected chi connectivity index (χ3v) is 4.16. The zero-order valence-electron chi connectivity index (χ0n) is 12.8. The summed E-state index contributed by atoms with van der Waals surface area (Å²) < 4.78 is 5.91. The average Bonchev–Trinajstić information content (AvgIpc) is 2.57. The molecule has 1 N–H and O–H groups in total. The topological polar surface area (TPSA) is 32.7 Å². The van der Waals surface area contributed by atoms with Gasteiger partial charge >= 0.3 is 0 Å². The van der Waals surface area contributed by atoms with Crippen molar-refractivity contribution in [3.05, 3.63) is 65.7 Å². The van der Waals surface area contributed by atoms with Gasteiger partial charge in [0.15, 0.2) is 0 Å².